The summed E-state index contributed by atoms with van der Waals surface area (Å²) in [6.45, 7) is 7.82. The van der Waals surface area contributed by atoms with Crippen molar-refractivity contribution in [1.82, 2.24) is 0 Å². The van der Waals surface area contributed by atoms with Crippen molar-refractivity contribution in [1.29, 1.82) is 0 Å². The molecule has 0 saturated heterocycles. The van der Waals surface area contributed by atoms with Crippen molar-refractivity contribution in [3.63, 3.8) is 0 Å². The van der Waals surface area contributed by atoms with Crippen LogP contribution in [0.5, 0.6) is 0 Å². The number of esters is 1. The molecule has 0 unspecified atom stereocenters. The Morgan fingerprint density at radius 3 is 2.42 bits per heavy atom. The highest BCUT2D eigenvalue weighted by Crippen LogP contribution is 2.22. The number of aryl methyl sites for hydroxylation is 2. The SMILES string of the molecule is CC[C@@H](C)c1ccc(NC(=O)COC(=O)c2cc(C)sc2C)cc1. The molecule has 1 amide bonds. The zero-order chi connectivity index (χ0) is 17.7. The topological polar surface area (TPSA) is 55.4 Å². The van der Waals surface area contributed by atoms with Crippen molar-refractivity contribution < 1.29 is 14.3 Å². The van der Waals surface area contributed by atoms with Crippen molar-refractivity contribution in [3.05, 3.63) is 51.2 Å². The molecule has 128 valence electrons. The Morgan fingerprint density at radius 2 is 1.88 bits per heavy atom. The van der Waals surface area contributed by atoms with Gasteiger partial charge in [0, 0.05) is 15.4 Å². The molecule has 0 aliphatic rings. The Labute approximate surface area is 146 Å². The van der Waals surface area contributed by atoms with Crippen LogP contribution in [0.4, 0.5) is 5.69 Å². The third-order valence-corrected chi connectivity index (χ3v) is 4.94. The van der Waals surface area contributed by atoms with E-state index in [1.807, 2.05) is 38.1 Å². The van der Waals surface area contributed by atoms with E-state index in [2.05, 4.69) is 19.2 Å². The number of thiophene rings is 1. The summed E-state index contributed by atoms with van der Waals surface area (Å²) in [5.41, 5.74) is 2.47. The lowest BCUT2D eigenvalue weighted by atomic mass is 9.99. The van der Waals surface area contributed by atoms with Gasteiger partial charge in [-0.25, -0.2) is 4.79 Å². The fourth-order valence-corrected chi connectivity index (χ4v) is 3.28. The average Bonchev–Trinajstić information content (AvgIpc) is 2.91. The van der Waals surface area contributed by atoms with E-state index in [1.165, 1.54) is 16.9 Å². The van der Waals surface area contributed by atoms with Gasteiger partial charge in [-0.1, -0.05) is 26.0 Å². The molecule has 0 bridgehead atoms. The monoisotopic (exact) mass is 345 g/mol. The average molecular weight is 345 g/mol. The lowest BCUT2D eigenvalue weighted by Crippen LogP contribution is -2.21. The third kappa shape index (κ3) is 4.68. The van der Waals surface area contributed by atoms with Crippen molar-refractivity contribution in [2.75, 3.05) is 11.9 Å². The van der Waals surface area contributed by atoms with E-state index < -0.39 is 5.97 Å². The van der Waals surface area contributed by atoms with Crippen LogP contribution in [0.15, 0.2) is 30.3 Å². The second-order valence-electron chi connectivity index (χ2n) is 5.88. The van der Waals surface area contributed by atoms with Gasteiger partial charge in [0.2, 0.25) is 0 Å². The normalized spacial score (nSPS) is 11.8. The van der Waals surface area contributed by atoms with E-state index in [-0.39, 0.29) is 12.5 Å². The first kappa shape index (κ1) is 18.2. The largest absolute Gasteiger partial charge is 0.452 e. The lowest BCUT2D eigenvalue weighted by Gasteiger charge is -2.10. The second-order valence-corrected chi connectivity index (χ2v) is 7.34. The minimum Gasteiger partial charge on any atom is -0.452 e. The summed E-state index contributed by atoms with van der Waals surface area (Å²) < 4.78 is 5.09. The molecule has 0 aliphatic carbocycles. The van der Waals surface area contributed by atoms with E-state index in [1.54, 1.807) is 6.07 Å². The maximum Gasteiger partial charge on any atom is 0.339 e. The molecule has 1 atom stereocenters. The van der Waals surface area contributed by atoms with Crippen LogP contribution in [0.25, 0.3) is 0 Å². The number of ether oxygens (including phenoxy) is 1. The maximum atomic E-state index is 12.0. The molecule has 1 N–H and O–H groups in total. The summed E-state index contributed by atoms with van der Waals surface area (Å²) in [4.78, 5) is 25.9. The summed E-state index contributed by atoms with van der Waals surface area (Å²) in [5, 5.41) is 2.74. The first-order chi connectivity index (χ1) is 11.4. The molecule has 0 radical (unpaired) electrons. The first-order valence-corrected chi connectivity index (χ1v) is 8.86. The Balaban J connectivity index is 1.87. The smallest absolute Gasteiger partial charge is 0.339 e. The number of hydrogen-bond donors (Lipinski definition) is 1. The number of carbonyl (C=O) groups is 2. The molecule has 24 heavy (non-hydrogen) atoms. The van der Waals surface area contributed by atoms with Gasteiger partial charge in [-0.15, -0.1) is 11.3 Å². The molecular weight excluding hydrogens is 322 g/mol. The number of anilines is 1. The Hall–Kier alpha value is -2.14. The van der Waals surface area contributed by atoms with Crippen LogP contribution < -0.4 is 5.32 Å². The van der Waals surface area contributed by atoms with Gasteiger partial charge in [0.05, 0.1) is 5.56 Å². The van der Waals surface area contributed by atoms with Crippen LogP contribution in [0.1, 0.15) is 51.9 Å². The minimum absolute atomic E-state index is 0.291. The van der Waals surface area contributed by atoms with Crippen LogP contribution in [-0.2, 0) is 9.53 Å². The molecule has 2 rings (SSSR count). The van der Waals surface area contributed by atoms with Crippen molar-refractivity contribution >= 4 is 28.9 Å². The van der Waals surface area contributed by atoms with E-state index in [9.17, 15) is 9.59 Å². The van der Waals surface area contributed by atoms with Crippen LogP contribution in [0.3, 0.4) is 0 Å². The highest BCUT2D eigenvalue weighted by Gasteiger charge is 2.15. The summed E-state index contributed by atoms with van der Waals surface area (Å²) in [7, 11) is 0. The quantitative estimate of drug-likeness (QED) is 0.774. The molecule has 4 nitrogen and oxygen atoms in total. The zero-order valence-corrected chi connectivity index (χ0v) is 15.3. The summed E-state index contributed by atoms with van der Waals surface area (Å²) >= 11 is 1.54. The van der Waals surface area contributed by atoms with Crippen LogP contribution in [-0.4, -0.2) is 18.5 Å². The lowest BCUT2D eigenvalue weighted by molar-refractivity contribution is -0.119. The molecule has 1 aromatic heterocycles. The fourth-order valence-electron chi connectivity index (χ4n) is 2.37. The van der Waals surface area contributed by atoms with E-state index in [4.69, 9.17) is 4.74 Å². The maximum absolute atomic E-state index is 12.0. The molecule has 0 saturated carbocycles. The highest BCUT2D eigenvalue weighted by molar-refractivity contribution is 7.12. The highest BCUT2D eigenvalue weighted by atomic mass is 32.1. The molecule has 0 spiro atoms. The van der Waals surface area contributed by atoms with Gasteiger partial charge in [-0.05, 0) is 49.9 Å². The summed E-state index contributed by atoms with van der Waals surface area (Å²) in [5.74, 6) is -0.309. The number of amides is 1. The molecule has 0 fully saturated rings. The van der Waals surface area contributed by atoms with Crippen molar-refractivity contribution in [2.45, 2.75) is 40.0 Å². The summed E-state index contributed by atoms with van der Waals surface area (Å²) in [6.07, 6.45) is 1.07. The van der Waals surface area contributed by atoms with Gasteiger partial charge >= 0.3 is 5.97 Å². The molecule has 1 aromatic carbocycles. The zero-order valence-electron chi connectivity index (χ0n) is 14.5. The Bertz CT molecular complexity index is 719. The Kier molecular flexibility index (Phi) is 6.15. The van der Waals surface area contributed by atoms with Crippen molar-refractivity contribution in [3.8, 4) is 0 Å². The molecule has 0 aliphatic heterocycles. The van der Waals surface area contributed by atoms with Gasteiger partial charge < -0.3 is 10.1 Å². The van der Waals surface area contributed by atoms with Crippen LogP contribution >= 0.6 is 11.3 Å². The van der Waals surface area contributed by atoms with E-state index in [0.717, 1.165) is 16.2 Å². The first-order valence-electron chi connectivity index (χ1n) is 8.04. The van der Waals surface area contributed by atoms with Gasteiger partial charge in [-0.2, -0.15) is 0 Å². The number of nitrogens with one attached hydrogen (secondary N) is 1. The second kappa shape index (κ2) is 8.11. The predicted octanol–water partition coefficient (Wildman–Crippen LogP) is 4.67. The number of hydrogen-bond acceptors (Lipinski definition) is 4. The van der Waals surface area contributed by atoms with Gasteiger partial charge in [0.1, 0.15) is 0 Å². The molecule has 5 heteroatoms. The third-order valence-electron chi connectivity index (χ3n) is 3.97. The summed E-state index contributed by atoms with van der Waals surface area (Å²) in [6, 6.07) is 9.54. The molecule has 1 heterocycles. The van der Waals surface area contributed by atoms with Crippen LogP contribution in [0.2, 0.25) is 0 Å². The molecule has 2 aromatic rings. The number of carbonyl (C=O) groups excluding carboxylic acids is 2. The van der Waals surface area contributed by atoms with E-state index in [0.29, 0.717) is 17.2 Å². The van der Waals surface area contributed by atoms with Gasteiger partial charge in [0.15, 0.2) is 6.61 Å². The molecular formula is C19H23NO3S. The predicted molar refractivity (Wildman–Crippen MR) is 97.9 cm³/mol. The standard InChI is InChI=1S/C19H23NO3S/c1-5-12(2)15-6-8-16(9-7-15)20-18(21)11-23-19(22)17-10-13(3)24-14(17)4/h6-10,12H,5,11H2,1-4H3,(H,20,21)/t12-/m1/s1. The fraction of sp³-hybridized carbons (Fsp3) is 0.368. The van der Waals surface area contributed by atoms with Crippen LogP contribution in [0, 0.1) is 13.8 Å². The van der Waals surface area contributed by atoms with E-state index >= 15 is 0 Å². The number of rotatable bonds is 6. The van der Waals surface area contributed by atoms with Crippen molar-refractivity contribution in [2.24, 2.45) is 0 Å². The number of benzene rings is 1. The van der Waals surface area contributed by atoms with Gasteiger partial charge in [0.25, 0.3) is 5.91 Å². The van der Waals surface area contributed by atoms with Gasteiger partial charge in [-0.3, -0.25) is 4.79 Å². The minimum atomic E-state index is -0.459. The Morgan fingerprint density at radius 1 is 1.21 bits per heavy atom.